The molecule has 188 valence electrons. The second-order valence-electron chi connectivity index (χ2n) is 9.76. The molecule has 6 rings (SSSR count). The molecule has 4 heterocycles. The third kappa shape index (κ3) is 5.58. The molecule has 0 unspecified atom stereocenters. The van der Waals surface area contributed by atoms with Crippen LogP contribution in [0.4, 0.5) is 0 Å². The van der Waals surface area contributed by atoms with Crippen LogP contribution in [0, 0.1) is 0 Å². The van der Waals surface area contributed by atoms with Gasteiger partial charge in [-0.3, -0.25) is 14.8 Å². The first-order valence-electron chi connectivity index (χ1n) is 12.9. The molecule has 3 aliphatic heterocycles. The summed E-state index contributed by atoms with van der Waals surface area (Å²) in [6.07, 6.45) is 5.90. The Morgan fingerprint density at radius 3 is 2.36 bits per heavy atom. The quantitative estimate of drug-likeness (QED) is 0.514. The monoisotopic (exact) mass is 487 g/mol. The molecule has 0 aliphatic carbocycles. The van der Waals surface area contributed by atoms with Crippen LogP contribution in [0.1, 0.15) is 29.5 Å². The van der Waals surface area contributed by atoms with Gasteiger partial charge < -0.3 is 18.9 Å². The average Bonchev–Trinajstić information content (AvgIpc) is 3.11. The van der Waals surface area contributed by atoms with Crippen molar-refractivity contribution in [2.45, 2.75) is 38.6 Å². The zero-order chi connectivity index (χ0) is 24.2. The lowest BCUT2D eigenvalue weighted by atomic mass is 10.0. The van der Waals surface area contributed by atoms with Crippen LogP contribution >= 0.6 is 0 Å². The van der Waals surface area contributed by atoms with Crippen LogP contribution in [0.15, 0.2) is 60.9 Å². The first kappa shape index (κ1) is 23.1. The normalized spacial score (nSPS) is 18.7. The average molecular weight is 488 g/mol. The van der Waals surface area contributed by atoms with E-state index >= 15 is 0 Å². The predicted octanol–water partition coefficient (Wildman–Crippen LogP) is 4.29. The van der Waals surface area contributed by atoms with E-state index in [-0.39, 0.29) is 6.10 Å². The van der Waals surface area contributed by atoms with Gasteiger partial charge in [0, 0.05) is 51.0 Å². The molecule has 1 saturated heterocycles. The summed E-state index contributed by atoms with van der Waals surface area (Å²) in [5.41, 5.74) is 3.83. The molecule has 0 bridgehead atoms. The summed E-state index contributed by atoms with van der Waals surface area (Å²) < 4.78 is 23.7. The predicted molar refractivity (Wildman–Crippen MR) is 137 cm³/mol. The molecule has 0 saturated carbocycles. The van der Waals surface area contributed by atoms with Crippen molar-refractivity contribution in [2.75, 3.05) is 39.5 Å². The summed E-state index contributed by atoms with van der Waals surface area (Å²) in [6.45, 7) is 7.57. The van der Waals surface area contributed by atoms with Crippen molar-refractivity contribution in [1.82, 2.24) is 14.8 Å². The highest BCUT2D eigenvalue weighted by Gasteiger charge is 2.22. The number of ether oxygens (including phenoxy) is 4. The van der Waals surface area contributed by atoms with Gasteiger partial charge in [-0.2, -0.15) is 0 Å². The topological polar surface area (TPSA) is 56.3 Å². The third-order valence-electron chi connectivity index (χ3n) is 7.07. The summed E-state index contributed by atoms with van der Waals surface area (Å²) in [5.74, 6) is 3.56. The molecule has 0 amide bonds. The van der Waals surface area contributed by atoms with E-state index < -0.39 is 0 Å². The van der Waals surface area contributed by atoms with Gasteiger partial charge in [0.1, 0.15) is 37.4 Å². The number of likely N-dealkylation sites (tertiary alicyclic amines) is 1. The van der Waals surface area contributed by atoms with Gasteiger partial charge in [-0.15, -0.1) is 0 Å². The van der Waals surface area contributed by atoms with Crippen LogP contribution in [0.5, 0.6) is 23.0 Å². The van der Waals surface area contributed by atoms with Crippen molar-refractivity contribution >= 4 is 0 Å². The SMILES string of the molecule is c1cncc(OC2CCN(Cc3ccc4c(c3)CN(Cc3ccc5c(c3)OCCO5)CCO4)CC2)c1. The molecule has 0 N–H and O–H groups in total. The van der Waals surface area contributed by atoms with Crippen LogP contribution in [-0.4, -0.2) is 60.3 Å². The highest BCUT2D eigenvalue weighted by Crippen LogP contribution is 2.32. The molecule has 0 atom stereocenters. The molecule has 36 heavy (non-hydrogen) atoms. The fourth-order valence-corrected chi connectivity index (χ4v) is 5.23. The number of fused-ring (bicyclic) bond motifs is 2. The standard InChI is InChI=1S/C29H33N3O4/c1-2-26(18-30-9-1)36-25-7-10-31(11-8-25)19-22-3-5-27-24(16-22)21-32(12-13-33-27)20-23-4-6-28-29(17-23)35-15-14-34-28/h1-6,9,16-18,25H,7-8,10-15,19-21H2. The number of aromatic nitrogens is 1. The van der Waals surface area contributed by atoms with E-state index in [2.05, 4.69) is 45.1 Å². The van der Waals surface area contributed by atoms with Gasteiger partial charge in [0.05, 0.1) is 6.20 Å². The van der Waals surface area contributed by atoms with E-state index in [0.29, 0.717) is 19.8 Å². The zero-order valence-electron chi connectivity index (χ0n) is 20.6. The largest absolute Gasteiger partial charge is 0.492 e. The molecular formula is C29H33N3O4. The van der Waals surface area contributed by atoms with E-state index in [1.165, 1.54) is 16.7 Å². The first-order valence-corrected chi connectivity index (χ1v) is 12.9. The Bertz CT molecular complexity index is 1160. The summed E-state index contributed by atoms with van der Waals surface area (Å²) in [6, 6.07) is 16.9. The lowest BCUT2D eigenvalue weighted by Gasteiger charge is -2.32. The summed E-state index contributed by atoms with van der Waals surface area (Å²) in [5, 5.41) is 0. The first-order chi connectivity index (χ1) is 17.8. The molecule has 3 aliphatic rings. The van der Waals surface area contributed by atoms with Crippen LogP contribution < -0.4 is 18.9 Å². The molecule has 3 aromatic rings. The Morgan fingerprint density at radius 1 is 0.778 bits per heavy atom. The van der Waals surface area contributed by atoms with E-state index in [1.807, 2.05) is 18.2 Å². The van der Waals surface area contributed by atoms with E-state index in [4.69, 9.17) is 18.9 Å². The fourth-order valence-electron chi connectivity index (χ4n) is 5.23. The Balaban J connectivity index is 1.06. The second kappa shape index (κ2) is 10.8. The highest BCUT2D eigenvalue weighted by molar-refractivity contribution is 5.44. The summed E-state index contributed by atoms with van der Waals surface area (Å²) in [7, 11) is 0. The Hall–Kier alpha value is -3.29. The number of hydrogen-bond donors (Lipinski definition) is 0. The number of nitrogens with zero attached hydrogens (tertiary/aromatic N) is 3. The van der Waals surface area contributed by atoms with E-state index in [0.717, 1.165) is 75.1 Å². The number of hydrogen-bond acceptors (Lipinski definition) is 7. The van der Waals surface area contributed by atoms with Crippen molar-refractivity contribution in [2.24, 2.45) is 0 Å². The minimum Gasteiger partial charge on any atom is -0.492 e. The van der Waals surface area contributed by atoms with Crippen molar-refractivity contribution in [3.05, 3.63) is 77.6 Å². The van der Waals surface area contributed by atoms with Crippen molar-refractivity contribution in [3.8, 4) is 23.0 Å². The van der Waals surface area contributed by atoms with Crippen molar-refractivity contribution in [3.63, 3.8) is 0 Å². The molecule has 1 fully saturated rings. The number of rotatable bonds is 6. The van der Waals surface area contributed by atoms with Crippen LogP contribution in [-0.2, 0) is 19.6 Å². The van der Waals surface area contributed by atoms with Crippen LogP contribution in [0.3, 0.4) is 0 Å². The maximum absolute atomic E-state index is 6.11. The maximum atomic E-state index is 6.11. The molecule has 0 radical (unpaired) electrons. The molecule has 1 aromatic heterocycles. The van der Waals surface area contributed by atoms with Gasteiger partial charge in [-0.05, 0) is 60.4 Å². The minimum atomic E-state index is 0.264. The van der Waals surface area contributed by atoms with Gasteiger partial charge in [0.15, 0.2) is 11.5 Å². The van der Waals surface area contributed by atoms with Crippen LogP contribution in [0.25, 0.3) is 0 Å². The van der Waals surface area contributed by atoms with Crippen LogP contribution in [0.2, 0.25) is 0 Å². The number of piperidine rings is 1. The lowest BCUT2D eigenvalue weighted by molar-refractivity contribution is 0.0965. The molecule has 0 spiro atoms. The maximum Gasteiger partial charge on any atom is 0.161 e. The van der Waals surface area contributed by atoms with Gasteiger partial charge >= 0.3 is 0 Å². The Labute approximate surface area is 212 Å². The molecular weight excluding hydrogens is 454 g/mol. The van der Waals surface area contributed by atoms with Gasteiger partial charge in [0.2, 0.25) is 0 Å². The molecule has 7 heteroatoms. The third-order valence-corrected chi connectivity index (χ3v) is 7.07. The van der Waals surface area contributed by atoms with Gasteiger partial charge in [-0.25, -0.2) is 0 Å². The fraction of sp³-hybridized carbons (Fsp3) is 0.414. The second-order valence-corrected chi connectivity index (χ2v) is 9.76. The minimum absolute atomic E-state index is 0.264. The smallest absolute Gasteiger partial charge is 0.161 e. The van der Waals surface area contributed by atoms with E-state index in [1.54, 1.807) is 12.4 Å². The lowest BCUT2D eigenvalue weighted by Crippen LogP contribution is -2.37. The zero-order valence-corrected chi connectivity index (χ0v) is 20.6. The number of benzene rings is 2. The van der Waals surface area contributed by atoms with E-state index in [9.17, 15) is 0 Å². The van der Waals surface area contributed by atoms with Crippen molar-refractivity contribution in [1.29, 1.82) is 0 Å². The number of pyridine rings is 1. The van der Waals surface area contributed by atoms with Gasteiger partial charge in [-0.1, -0.05) is 12.1 Å². The summed E-state index contributed by atoms with van der Waals surface area (Å²) in [4.78, 5) is 9.12. The Kier molecular flexibility index (Phi) is 6.92. The molecule has 7 nitrogen and oxygen atoms in total. The van der Waals surface area contributed by atoms with Gasteiger partial charge in [0.25, 0.3) is 0 Å². The molecule has 2 aromatic carbocycles. The Morgan fingerprint density at radius 2 is 1.53 bits per heavy atom. The summed E-state index contributed by atoms with van der Waals surface area (Å²) >= 11 is 0. The van der Waals surface area contributed by atoms with Crippen molar-refractivity contribution < 1.29 is 18.9 Å². The highest BCUT2D eigenvalue weighted by atomic mass is 16.6.